The van der Waals surface area contributed by atoms with Gasteiger partial charge in [-0.3, -0.25) is 0 Å². The molecule has 0 saturated carbocycles. The lowest BCUT2D eigenvalue weighted by Crippen LogP contribution is -2.06. The van der Waals surface area contributed by atoms with E-state index < -0.39 is 0 Å². The van der Waals surface area contributed by atoms with Crippen molar-refractivity contribution in [2.75, 3.05) is 13.2 Å². The molecule has 1 heterocycles. The zero-order valence-corrected chi connectivity index (χ0v) is 16.5. The Morgan fingerprint density at radius 1 is 1.19 bits per heavy atom. The fraction of sp³-hybridized carbons (Fsp3) is 0.333. The van der Waals surface area contributed by atoms with Gasteiger partial charge in [0.25, 0.3) is 0 Å². The van der Waals surface area contributed by atoms with Crippen LogP contribution in [0.15, 0.2) is 36.4 Å². The largest absolute Gasteiger partial charge is 0.494 e. The van der Waals surface area contributed by atoms with Crippen LogP contribution >= 0.6 is 11.6 Å². The highest BCUT2D eigenvalue weighted by Crippen LogP contribution is 2.26. The highest BCUT2D eigenvalue weighted by Gasteiger charge is 2.14. The number of hydrogen-bond donors (Lipinski definition) is 0. The maximum atomic E-state index is 12.1. The first-order valence-electron chi connectivity index (χ1n) is 9.08. The maximum Gasteiger partial charge on any atom is 0.338 e. The van der Waals surface area contributed by atoms with Gasteiger partial charge in [-0.05, 0) is 56.2 Å². The maximum absolute atomic E-state index is 12.1. The Balaban J connectivity index is 1.93. The quantitative estimate of drug-likeness (QED) is 0.535. The summed E-state index contributed by atoms with van der Waals surface area (Å²) in [6, 6.07) is 11.1. The van der Waals surface area contributed by atoms with E-state index in [2.05, 4.69) is 11.9 Å². The molecule has 3 rings (SSSR count). The molecule has 5 nitrogen and oxygen atoms in total. The van der Waals surface area contributed by atoms with Crippen molar-refractivity contribution in [1.29, 1.82) is 0 Å². The van der Waals surface area contributed by atoms with Crippen molar-refractivity contribution in [3.63, 3.8) is 0 Å². The van der Waals surface area contributed by atoms with Crippen LogP contribution in [0.25, 0.3) is 11.0 Å². The third-order valence-electron chi connectivity index (χ3n) is 4.28. The zero-order chi connectivity index (χ0) is 19.4. The van der Waals surface area contributed by atoms with E-state index in [9.17, 15) is 4.79 Å². The Hall–Kier alpha value is -2.53. The Bertz CT molecular complexity index is 965. The summed E-state index contributed by atoms with van der Waals surface area (Å²) in [5.74, 6) is 1.29. The predicted octanol–water partition coefficient (Wildman–Crippen LogP) is 5.01. The molecule has 0 spiro atoms. The van der Waals surface area contributed by atoms with Gasteiger partial charge in [0.15, 0.2) is 0 Å². The lowest BCUT2D eigenvalue weighted by molar-refractivity contribution is 0.0526. The molecule has 27 heavy (non-hydrogen) atoms. The minimum Gasteiger partial charge on any atom is -0.494 e. The van der Waals surface area contributed by atoms with E-state index in [1.807, 2.05) is 41.8 Å². The molecular formula is C21H23ClN2O3. The predicted molar refractivity (Wildman–Crippen MR) is 107 cm³/mol. The molecule has 142 valence electrons. The molecule has 0 N–H and O–H groups in total. The third kappa shape index (κ3) is 4.25. The monoisotopic (exact) mass is 386 g/mol. The summed E-state index contributed by atoms with van der Waals surface area (Å²) < 4.78 is 12.8. The second-order valence-electron chi connectivity index (χ2n) is 6.27. The number of aryl methyl sites for hydroxylation is 1. The van der Waals surface area contributed by atoms with Crippen LogP contribution in [-0.4, -0.2) is 28.7 Å². The number of ether oxygens (including phenoxy) is 2. The van der Waals surface area contributed by atoms with E-state index in [0.29, 0.717) is 30.3 Å². The summed E-state index contributed by atoms with van der Waals surface area (Å²) in [7, 11) is 0. The van der Waals surface area contributed by atoms with Crippen LogP contribution in [0.3, 0.4) is 0 Å². The summed E-state index contributed by atoms with van der Waals surface area (Å²) in [4.78, 5) is 16.6. The van der Waals surface area contributed by atoms with Crippen molar-refractivity contribution in [2.45, 2.75) is 33.7 Å². The zero-order valence-electron chi connectivity index (χ0n) is 15.8. The van der Waals surface area contributed by atoms with Gasteiger partial charge in [-0.2, -0.15) is 0 Å². The SMILES string of the molecule is CCCOc1ccc(Cn2c(C)nc3ccc(C(=O)OCC)cc32)c(Cl)c1. The second kappa shape index (κ2) is 8.44. The first-order valence-corrected chi connectivity index (χ1v) is 9.46. The van der Waals surface area contributed by atoms with Gasteiger partial charge >= 0.3 is 5.97 Å². The average Bonchev–Trinajstić information content (AvgIpc) is 2.96. The van der Waals surface area contributed by atoms with Crippen molar-refractivity contribution < 1.29 is 14.3 Å². The van der Waals surface area contributed by atoms with Crippen LogP contribution in [0.4, 0.5) is 0 Å². The number of imidazole rings is 1. The Morgan fingerprint density at radius 3 is 2.70 bits per heavy atom. The molecule has 6 heteroatoms. The van der Waals surface area contributed by atoms with Crippen molar-refractivity contribution in [3.05, 3.63) is 58.4 Å². The fourth-order valence-electron chi connectivity index (χ4n) is 2.92. The number of carbonyl (C=O) groups is 1. The number of rotatable bonds is 7. The average molecular weight is 387 g/mol. The summed E-state index contributed by atoms with van der Waals surface area (Å²) in [5, 5.41) is 0.645. The Kier molecular flexibility index (Phi) is 6.01. The molecule has 0 aliphatic rings. The van der Waals surface area contributed by atoms with Crippen molar-refractivity contribution in [3.8, 4) is 5.75 Å². The van der Waals surface area contributed by atoms with E-state index in [1.54, 1.807) is 13.0 Å². The first kappa shape index (κ1) is 19.2. The van der Waals surface area contributed by atoms with Crippen molar-refractivity contribution >= 4 is 28.6 Å². The number of halogens is 1. The second-order valence-corrected chi connectivity index (χ2v) is 6.68. The lowest BCUT2D eigenvalue weighted by Gasteiger charge is -2.11. The molecule has 0 aliphatic heterocycles. The third-order valence-corrected chi connectivity index (χ3v) is 4.63. The van der Waals surface area contributed by atoms with Crippen molar-refractivity contribution in [2.24, 2.45) is 0 Å². The normalized spacial score (nSPS) is 11.0. The van der Waals surface area contributed by atoms with Gasteiger partial charge in [-0.1, -0.05) is 24.6 Å². The van der Waals surface area contributed by atoms with Crippen LogP contribution in [0.2, 0.25) is 5.02 Å². The minimum absolute atomic E-state index is 0.333. The number of carbonyl (C=O) groups excluding carboxylic acids is 1. The number of aromatic nitrogens is 2. The first-order chi connectivity index (χ1) is 13.0. The van der Waals surface area contributed by atoms with Gasteiger partial charge in [0.05, 0.1) is 36.4 Å². The standard InChI is InChI=1S/C21H23ClN2O3/c1-4-10-27-17-8-6-16(18(22)12-17)13-24-14(3)23-19-9-7-15(11-20(19)24)21(25)26-5-2/h6-9,11-12H,4-5,10,13H2,1-3H3. The molecule has 0 fully saturated rings. The molecule has 2 aromatic carbocycles. The van der Waals surface area contributed by atoms with Crippen LogP contribution in [-0.2, 0) is 11.3 Å². The van der Waals surface area contributed by atoms with Crippen LogP contribution in [0, 0.1) is 6.92 Å². The number of esters is 1. The fourth-order valence-corrected chi connectivity index (χ4v) is 3.15. The Morgan fingerprint density at radius 2 is 2.00 bits per heavy atom. The van der Waals surface area contributed by atoms with Gasteiger partial charge in [0.2, 0.25) is 0 Å². The molecular weight excluding hydrogens is 364 g/mol. The van der Waals surface area contributed by atoms with E-state index in [1.165, 1.54) is 0 Å². The molecule has 0 aliphatic carbocycles. The summed E-state index contributed by atoms with van der Waals surface area (Å²) in [6.45, 7) is 7.36. The molecule has 0 atom stereocenters. The number of nitrogens with zero attached hydrogens (tertiary/aromatic N) is 2. The summed E-state index contributed by atoms with van der Waals surface area (Å²) in [5.41, 5.74) is 3.18. The number of benzene rings is 2. The van der Waals surface area contributed by atoms with E-state index in [4.69, 9.17) is 21.1 Å². The number of fused-ring (bicyclic) bond motifs is 1. The van der Waals surface area contributed by atoms with E-state index in [0.717, 1.165) is 34.6 Å². The van der Waals surface area contributed by atoms with Gasteiger partial charge in [-0.15, -0.1) is 0 Å². The van der Waals surface area contributed by atoms with Gasteiger partial charge in [0.1, 0.15) is 11.6 Å². The molecule has 0 bridgehead atoms. The van der Waals surface area contributed by atoms with Crippen LogP contribution in [0.5, 0.6) is 5.75 Å². The highest BCUT2D eigenvalue weighted by atomic mass is 35.5. The molecule has 0 unspecified atom stereocenters. The summed E-state index contributed by atoms with van der Waals surface area (Å²) in [6.07, 6.45) is 0.947. The van der Waals surface area contributed by atoms with Gasteiger partial charge in [-0.25, -0.2) is 9.78 Å². The van der Waals surface area contributed by atoms with Crippen molar-refractivity contribution in [1.82, 2.24) is 9.55 Å². The Labute approximate surface area is 163 Å². The minimum atomic E-state index is -0.333. The molecule has 0 amide bonds. The topological polar surface area (TPSA) is 53.4 Å². The smallest absolute Gasteiger partial charge is 0.338 e. The molecule has 3 aromatic rings. The molecule has 0 saturated heterocycles. The molecule has 1 aromatic heterocycles. The van der Waals surface area contributed by atoms with Gasteiger partial charge in [0, 0.05) is 5.02 Å². The lowest BCUT2D eigenvalue weighted by atomic mass is 10.2. The highest BCUT2D eigenvalue weighted by molar-refractivity contribution is 6.31. The number of hydrogen-bond acceptors (Lipinski definition) is 4. The van der Waals surface area contributed by atoms with E-state index >= 15 is 0 Å². The molecule has 0 radical (unpaired) electrons. The van der Waals surface area contributed by atoms with E-state index in [-0.39, 0.29) is 5.97 Å². The van der Waals surface area contributed by atoms with Crippen LogP contribution < -0.4 is 4.74 Å². The van der Waals surface area contributed by atoms with Crippen LogP contribution in [0.1, 0.15) is 42.0 Å². The van der Waals surface area contributed by atoms with Gasteiger partial charge < -0.3 is 14.0 Å². The summed E-state index contributed by atoms with van der Waals surface area (Å²) >= 11 is 6.46.